The number of carbonyl (C=O) groups excluding carboxylic acids is 1. The van der Waals surface area contributed by atoms with E-state index in [2.05, 4.69) is 30.5 Å². The summed E-state index contributed by atoms with van der Waals surface area (Å²) in [6.45, 7) is 1.67. The average molecular weight is 493 g/mol. The van der Waals surface area contributed by atoms with Crippen LogP contribution >= 0.6 is 23.4 Å². The van der Waals surface area contributed by atoms with Crippen LogP contribution in [0.4, 0.5) is 0 Å². The van der Waals surface area contributed by atoms with Gasteiger partial charge in [0.25, 0.3) is 5.91 Å². The molecule has 1 fully saturated rings. The van der Waals surface area contributed by atoms with E-state index < -0.39 is 0 Å². The van der Waals surface area contributed by atoms with Crippen LogP contribution in [0, 0.1) is 0 Å². The predicted molar refractivity (Wildman–Crippen MR) is 136 cm³/mol. The van der Waals surface area contributed by atoms with E-state index in [1.807, 2.05) is 29.2 Å². The summed E-state index contributed by atoms with van der Waals surface area (Å²) in [6, 6.07) is 17.8. The smallest absolute Gasteiger partial charge is 0.257 e. The third-order valence-electron chi connectivity index (χ3n) is 6.09. The summed E-state index contributed by atoms with van der Waals surface area (Å²) in [5, 5.41) is 1.71. The van der Waals surface area contributed by atoms with Crippen molar-refractivity contribution in [3.8, 4) is 11.3 Å². The van der Waals surface area contributed by atoms with Crippen molar-refractivity contribution >= 4 is 40.2 Å². The molecule has 1 atom stereocenters. The number of thioether (sulfide) groups is 1. The van der Waals surface area contributed by atoms with Crippen LogP contribution in [0.5, 0.6) is 0 Å². The van der Waals surface area contributed by atoms with E-state index in [0.29, 0.717) is 23.7 Å². The summed E-state index contributed by atoms with van der Waals surface area (Å²) in [5.41, 5.74) is 4.24. The highest BCUT2D eigenvalue weighted by atomic mass is 35.5. The highest BCUT2D eigenvalue weighted by Gasteiger charge is 2.25. The molecular formula is C27H25ClN2O3S. The molecule has 1 aliphatic heterocycles. The monoisotopic (exact) mass is 492 g/mol. The summed E-state index contributed by atoms with van der Waals surface area (Å²) in [6.07, 6.45) is 7.08. The number of hydrogen-bond acceptors (Lipinski definition) is 5. The van der Waals surface area contributed by atoms with Gasteiger partial charge in [0.05, 0.1) is 29.1 Å². The highest BCUT2D eigenvalue weighted by Crippen LogP contribution is 2.30. The molecule has 1 amide bonds. The van der Waals surface area contributed by atoms with Gasteiger partial charge in [0.2, 0.25) is 0 Å². The van der Waals surface area contributed by atoms with Gasteiger partial charge in [-0.3, -0.25) is 4.79 Å². The zero-order chi connectivity index (χ0) is 23.5. The number of pyridine rings is 1. The molecular weight excluding hydrogens is 468 g/mol. The van der Waals surface area contributed by atoms with Gasteiger partial charge in [0, 0.05) is 40.6 Å². The molecule has 4 aromatic rings. The Bertz CT molecular complexity index is 1290. The fourth-order valence-corrected chi connectivity index (χ4v) is 4.88. The van der Waals surface area contributed by atoms with Crippen LogP contribution in [0.1, 0.15) is 28.8 Å². The van der Waals surface area contributed by atoms with Gasteiger partial charge in [-0.15, -0.1) is 11.8 Å². The van der Waals surface area contributed by atoms with Gasteiger partial charge in [0.15, 0.2) is 0 Å². The van der Waals surface area contributed by atoms with Crippen molar-refractivity contribution in [1.29, 1.82) is 0 Å². The molecule has 2 aromatic heterocycles. The molecule has 174 valence electrons. The van der Waals surface area contributed by atoms with Crippen molar-refractivity contribution in [1.82, 2.24) is 9.88 Å². The highest BCUT2D eigenvalue weighted by molar-refractivity contribution is 7.98. The second-order valence-electron chi connectivity index (χ2n) is 8.39. The van der Waals surface area contributed by atoms with Crippen LogP contribution in [0.3, 0.4) is 0 Å². The number of ether oxygens (including phenoxy) is 1. The van der Waals surface area contributed by atoms with E-state index in [0.717, 1.165) is 52.1 Å². The summed E-state index contributed by atoms with van der Waals surface area (Å²) in [5.74, 6) is -0.0795. The SMILES string of the molecule is CSc1ccc2cc(CN(C[C@H]3CCCO3)C(=O)c3ccoc3)c(-c3ccc(Cl)cc3)nc2c1. The number of benzene rings is 2. The maximum Gasteiger partial charge on any atom is 0.257 e. The summed E-state index contributed by atoms with van der Waals surface area (Å²) < 4.78 is 11.0. The Morgan fingerprint density at radius 3 is 2.74 bits per heavy atom. The van der Waals surface area contributed by atoms with Gasteiger partial charge < -0.3 is 14.1 Å². The van der Waals surface area contributed by atoms with Crippen LogP contribution in [0.25, 0.3) is 22.2 Å². The van der Waals surface area contributed by atoms with Crippen molar-refractivity contribution < 1.29 is 13.9 Å². The zero-order valence-corrected chi connectivity index (χ0v) is 20.4. The Labute approximate surface area is 208 Å². The molecule has 1 aliphatic rings. The van der Waals surface area contributed by atoms with E-state index in [-0.39, 0.29) is 12.0 Å². The van der Waals surface area contributed by atoms with E-state index in [4.69, 9.17) is 25.7 Å². The lowest BCUT2D eigenvalue weighted by Gasteiger charge is -2.26. The number of carbonyl (C=O) groups is 1. The van der Waals surface area contributed by atoms with Crippen LogP contribution in [-0.2, 0) is 11.3 Å². The second kappa shape index (κ2) is 10.2. The molecule has 0 saturated carbocycles. The third kappa shape index (κ3) is 4.99. The largest absolute Gasteiger partial charge is 0.472 e. The first-order valence-electron chi connectivity index (χ1n) is 11.3. The molecule has 7 heteroatoms. The fourth-order valence-electron chi connectivity index (χ4n) is 4.32. The number of hydrogen-bond donors (Lipinski definition) is 0. The van der Waals surface area contributed by atoms with Gasteiger partial charge in [-0.2, -0.15) is 0 Å². The summed E-state index contributed by atoms with van der Waals surface area (Å²) in [4.78, 5) is 21.5. The standard InChI is InChI=1S/C27H25ClN2O3S/c1-34-24-9-6-19-13-21(26(29-25(19)14-24)18-4-7-22(28)8-5-18)15-30(16-23-3-2-11-33-23)27(31)20-10-12-32-17-20/h4-10,12-14,17,23H,2-3,11,15-16H2,1H3/t23-/m1/s1. The third-order valence-corrected chi connectivity index (χ3v) is 7.06. The Kier molecular flexibility index (Phi) is 6.90. The van der Waals surface area contributed by atoms with Gasteiger partial charge >= 0.3 is 0 Å². The number of furan rings is 1. The quantitative estimate of drug-likeness (QED) is 0.269. The minimum atomic E-state index is -0.0795. The van der Waals surface area contributed by atoms with Crippen LogP contribution in [0.2, 0.25) is 5.02 Å². The lowest BCUT2D eigenvalue weighted by Crippen LogP contribution is -2.37. The Morgan fingerprint density at radius 2 is 2.03 bits per heavy atom. The number of rotatable bonds is 7. The van der Waals surface area contributed by atoms with E-state index >= 15 is 0 Å². The molecule has 0 unspecified atom stereocenters. The first-order chi connectivity index (χ1) is 16.6. The molecule has 0 radical (unpaired) electrons. The van der Waals surface area contributed by atoms with Gasteiger partial charge in [-0.1, -0.05) is 29.8 Å². The second-order valence-corrected chi connectivity index (χ2v) is 9.71. The van der Waals surface area contributed by atoms with E-state index in [1.54, 1.807) is 17.8 Å². The fraction of sp³-hybridized carbons (Fsp3) is 0.259. The van der Waals surface area contributed by atoms with Crippen molar-refractivity contribution in [2.24, 2.45) is 0 Å². The number of aromatic nitrogens is 1. The lowest BCUT2D eigenvalue weighted by molar-refractivity contribution is 0.0507. The molecule has 0 bridgehead atoms. The summed E-state index contributed by atoms with van der Waals surface area (Å²) in [7, 11) is 0. The normalized spacial score (nSPS) is 15.6. The van der Waals surface area contributed by atoms with Crippen LogP contribution < -0.4 is 0 Å². The van der Waals surface area contributed by atoms with E-state index in [9.17, 15) is 4.79 Å². The number of nitrogens with zero attached hydrogens (tertiary/aromatic N) is 2. The number of amides is 1. The average Bonchev–Trinajstić information content (AvgIpc) is 3.58. The van der Waals surface area contributed by atoms with Gasteiger partial charge in [-0.05, 0) is 61.1 Å². The van der Waals surface area contributed by atoms with Crippen LogP contribution in [0.15, 0.2) is 76.4 Å². The molecule has 3 heterocycles. The van der Waals surface area contributed by atoms with Crippen molar-refractivity contribution in [2.45, 2.75) is 30.4 Å². The van der Waals surface area contributed by atoms with Crippen molar-refractivity contribution in [3.63, 3.8) is 0 Å². The van der Waals surface area contributed by atoms with Gasteiger partial charge in [0.1, 0.15) is 6.26 Å². The van der Waals surface area contributed by atoms with Gasteiger partial charge in [-0.25, -0.2) is 4.98 Å². The maximum absolute atomic E-state index is 13.4. The molecule has 2 aromatic carbocycles. The molecule has 1 saturated heterocycles. The number of halogens is 1. The van der Waals surface area contributed by atoms with E-state index in [1.165, 1.54) is 12.5 Å². The molecule has 34 heavy (non-hydrogen) atoms. The molecule has 5 nitrogen and oxygen atoms in total. The zero-order valence-electron chi connectivity index (χ0n) is 18.9. The lowest BCUT2D eigenvalue weighted by atomic mass is 10.0. The molecule has 0 N–H and O–H groups in total. The maximum atomic E-state index is 13.4. The molecule has 0 aliphatic carbocycles. The van der Waals surface area contributed by atoms with Crippen molar-refractivity contribution in [3.05, 3.63) is 83.3 Å². The Hall–Kier alpha value is -2.80. The number of fused-ring (bicyclic) bond motifs is 1. The minimum Gasteiger partial charge on any atom is -0.472 e. The topological polar surface area (TPSA) is 55.6 Å². The van der Waals surface area contributed by atoms with Crippen molar-refractivity contribution in [2.75, 3.05) is 19.4 Å². The Morgan fingerprint density at radius 1 is 1.18 bits per heavy atom. The molecule has 0 spiro atoms. The first-order valence-corrected chi connectivity index (χ1v) is 12.9. The van der Waals surface area contributed by atoms with Crippen LogP contribution in [-0.4, -0.2) is 41.3 Å². The Balaban J connectivity index is 1.58. The molecule has 5 rings (SSSR count). The minimum absolute atomic E-state index is 0.0346. The predicted octanol–water partition coefficient (Wildman–Crippen LogP) is 6.69. The summed E-state index contributed by atoms with van der Waals surface area (Å²) >= 11 is 7.84. The first kappa shape index (κ1) is 23.0.